The van der Waals surface area contributed by atoms with E-state index >= 15 is 0 Å². The summed E-state index contributed by atoms with van der Waals surface area (Å²) >= 11 is 0. The fourth-order valence-corrected chi connectivity index (χ4v) is 1.33. The summed E-state index contributed by atoms with van der Waals surface area (Å²) in [6.45, 7) is 3.81. The highest BCUT2D eigenvalue weighted by molar-refractivity contribution is 5.27. The Hall–Kier alpha value is -1.36. The Balaban J connectivity index is 2.27. The number of anilines is 1. The van der Waals surface area contributed by atoms with Crippen LogP contribution in [0.5, 0.6) is 5.88 Å². The smallest absolute Gasteiger partial charge is 0.225 e. The monoisotopic (exact) mass is 239 g/mol. The van der Waals surface area contributed by atoms with Crippen LogP contribution in [0.15, 0.2) is 12.3 Å². The van der Waals surface area contributed by atoms with E-state index < -0.39 is 0 Å². The number of aliphatic hydroxyl groups is 1. The number of nitrogens with zero attached hydrogens (tertiary/aromatic N) is 2. The van der Waals surface area contributed by atoms with Crippen LogP contribution in [0.4, 0.5) is 5.95 Å². The summed E-state index contributed by atoms with van der Waals surface area (Å²) in [6.07, 6.45) is 5.52. The summed E-state index contributed by atoms with van der Waals surface area (Å²) in [5.74, 6) is 1.21. The standard InChI is InChI=1S/C12H21N3O2/c1-2-10-17-11-6-8-14-12(15-11)13-7-4-3-5-9-16/h6,8,16H,2-5,7,9-10H2,1H3,(H,13,14,15). The average molecular weight is 239 g/mol. The van der Waals surface area contributed by atoms with E-state index in [0.717, 1.165) is 32.2 Å². The van der Waals surface area contributed by atoms with Gasteiger partial charge >= 0.3 is 0 Å². The summed E-state index contributed by atoms with van der Waals surface area (Å²) in [5.41, 5.74) is 0. The average Bonchev–Trinajstić information content (AvgIpc) is 2.37. The summed E-state index contributed by atoms with van der Waals surface area (Å²) < 4.78 is 5.42. The number of rotatable bonds is 9. The molecule has 0 saturated carbocycles. The van der Waals surface area contributed by atoms with Crippen LogP contribution in [-0.2, 0) is 0 Å². The van der Waals surface area contributed by atoms with E-state index in [-0.39, 0.29) is 6.61 Å². The van der Waals surface area contributed by atoms with E-state index in [1.165, 1.54) is 0 Å². The van der Waals surface area contributed by atoms with Crippen LogP contribution in [0.1, 0.15) is 32.6 Å². The van der Waals surface area contributed by atoms with Crippen LogP contribution in [0, 0.1) is 0 Å². The lowest BCUT2D eigenvalue weighted by atomic mass is 10.2. The van der Waals surface area contributed by atoms with Gasteiger partial charge in [-0.25, -0.2) is 4.98 Å². The van der Waals surface area contributed by atoms with Crippen molar-refractivity contribution < 1.29 is 9.84 Å². The van der Waals surface area contributed by atoms with E-state index in [1.54, 1.807) is 12.3 Å². The third kappa shape index (κ3) is 6.06. The van der Waals surface area contributed by atoms with Crippen molar-refractivity contribution in [1.29, 1.82) is 0 Å². The van der Waals surface area contributed by atoms with Crippen LogP contribution < -0.4 is 10.1 Å². The second kappa shape index (κ2) is 8.75. The zero-order chi connectivity index (χ0) is 12.3. The van der Waals surface area contributed by atoms with Gasteiger partial charge in [-0.05, 0) is 25.7 Å². The normalized spacial score (nSPS) is 10.2. The van der Waals surface area contributed by atoms with E-state index in [2.05, 4.69) is 22.2 Å². The van der Waals surface area contributed by atoms with E-state index in [0.29, 0.717) is 18.4 Å². The molecule has 2 N–H and O–H groups in total. The Bertz CT molecular complexity index is 308. The van der Waals surface area contributed by atoms with Crippen molar-refractivity contribution in [2.75, 3.05) is 25.1 Å². The predicted molar refractivity (Wildman–Crippen MR) is 67.2 cm³/mol. The molecule has 1 aromatic rings. The van der Waals surface area contributed by atoms with Crippen molar-refractivity contribution >= 4 is 5.95 Å². The summed E-state index contributed by atoms with van der Waals surface area (Å²) in [4.78, 5) is 8.35. The Labute approximate surface area is 102 Å². The first kappa shape index (κ1) is 13.7. The molecule has 5 heteroatoms. The van der Waals surface area contributed by atoms with Gasteiger partial charge in [0.25, 0.3) is 0 Å². The molecule has 0 spiro atoms. The van der Waals surface area contributed by atoms with Gasteiger partial charge in [0.15, 0.2) is 0 Å². The van der Waals surface area contributed by atoms with E-state index in [9.17, 15) is 0 Å². The molecule has 1 aromatic heterocycles. The predicted octanol–water partition coefficient (Wildman–Crippen LogP) is 1.84. The summed E-state index contributed by atoms with van der Waals surface area (Å²) in [6, 6.07) is 1.76. The third-order valence-electron chi connectivity index (χ3n) is 2.20. The molecular formula is C12H21N3O2. The number of hydrogen-bond donors (Lipinski definition) is 2. The lowest BCUT2D eigenvalue weighted by Crippen LogP contribution is -2.06. The second-order valence-electron chi connectivity index (χ2n) is 3.78. The number of nitrogens with one attached hydrogen (secondary N) is 1. The number of unbranched alkanes of at least 4 members (excludes halogenated alkanes) is 2. The molecule has 96 valence electrons. The molecule has 1 rings (SSSR count). The molecule has 0 amide bonds. The van der Waals surface area contributed by atoms with Gasteiger partial charge in [0.05, 0.1) is 6.61 Å². The first-order valence-corrected chi connectivity index (χ1v) is 6.17. The SMILES string of the molecule is CCCOc1ccnc(NCCCCCO)n1. The van der Waals surface area contributed by atoms with Gasteiger partial charge in [-0.2, -0.15) is 4.98 Å². The van der Waals surface area contributed by atoms with E-state index in [1.807, 2.05) is 0 Å². The van der Waals surface area contributed by atoms with Crippen LogP contribution in [0.25, 0.3) is 0 Å². The Kier molecular flexibility index (Phi) is 7.06. The molecule has 17 heavy (non-hydrogen) atoms. The van der Waals surface area contributed by atoms with Crippen molar-refractivity contribution in [3.05, 3.63) is 12.3 Å². The maximum absolute atomic E-state index is 8.64. The summed E-state index contributed by atoms with van der Waals surface area (Å²) in [7, 11) is 0. The molecule has 0 aliphatic rings. The molecular weight excluding hydrogens is 218 g/mol. The minimum absolute atomic E-state index is 0.261. The Morgan fingerprint density at radius 2 is 2.24 bits per heavy atom. The van der Waals surface area contributed by atoms with Crippen LogP contribution in [0.3, 0.4) is 0 Å². The Morgan fingerprint density at radius 3 is 3.00 bits per heavy atom. The van der Waals surface area contributed by atoms with Crippen molar-refractivity contribution in [2.45, 2.75) is 32.6 Å². The van der Waals surface area contributed by atoms with E-state index in [4.69, 9.17) is 9.84 Å². The zero-order valence-electron chi connectivity index (χ0n) is 10.4. The fourth-order valence-electron chi connectivity index (χ4n) is 1.33. The molecule has 1 heterocycles. The van der Waals surface area contributed by atoms with Gasteiger partial charge in [0, 0.05) is 25.4 Å². The molecule has 0 unspecified atom stereocenters. The number of aliphatic hydroxyl groups excluding tert-OH is 1. The molecule has 0 aromatic carbocycles. The number of ether oxygens (including phenoxy) is 1. The lowest BCUT2D eigenvalue weighted by molar-refractivity contribution is 0.283. The van der Waals surface area contributed by atoms with Gasteiger partial charge in [0.1, 0.15) is 0 Å². The molecule has 0 atom stereocenters. The van der Waals surface area contributed by atoms with Crippen LogP contribution in [0.2, 0.25) is 0 Å². The van der Waals surface area contributed by atoms with Crippen molar-refractivity contribution in [3.63, 3.8) is 0 Å². The maximum Gasteiger partial charge on any atom is 0.225 e. The molecule has 0 radical (unpaired) electrons. The fraction of sp³-hybridized carbons (Fsp3) is 0.667. The topological polar surface area (TPSA) is 67.3 Å². The Morgan fingerprint density at radius 1 is 1.35 bits per heavy atom. The third-order valence-corrected chi connectivity index (χ3v) is 2.20. The first-order valence-electron chi connectivity index (χ1n) is 6.17. The lowest BCUT2D eigenvalue weighted by Gasteiger charge is -2.06. The molecule has 0 fully saturated rings. The number of aromatic nitrogens is 2. The molecule has 0 bridgehead atoms. The number of hydrogen-bond acceptors (Lipinski definition) is 5. The van der Waals surface area contributed by atoms with Crippen molar-refractivity contribution in [1.82, 2.24) is 9.97 Å². The largest absolute Gasteiger partial charge is 0.478 e. The highest BCUT2D eigenvalue weighted by Crippen LogP contribution is 2.08. The minimum Gasteiger partial charge on any atom is -0.478 e. The van der Waals surface area contributed by atoms with Gasteiger partial charge in [-0.3, -0.25) is 0 Å². The van der Waals surface area contributed by atoms with Crippen molar-refractivity contribution in [2.24, 2.45) is 0 Å². The van der Waals surface area contributed by atoms with Crippen LogP contribution >= 0.6 is 0 Å². The van der Waals surface area contributed by atoms with Gasteiger partial charge in [0.2, 0.25) is 11.8 Å². The van der Waals surface area contributed by atoms with Gasteiger partial charge in [-0.15, -0.1) is 0 Å². The maximum atomic E-state index is 8.64. The quantitative estimate of drug-likeness (QED) is 0.644. The van der Waals surface area contributed by atoms with Crippen molar-refractivity contribution in [3.8, 4) is 5.88 Å². The molecule has 0 aliphatic carbocycles. The first-order chi connectivity index (χ1) is 8.36. The molecule has 5 nitrogen and oxygen atoms in total. The minimum atomic E-state index is 0.261. The highest BCUT2D eigenvalue weighted by atomic mass is 16.5. The molecule has 0 aliphatic heterocycles. The van der Waals surface area contributed by atoms with Crippen LogP contribution in [-0.4, -0.2) is 34.8 Å². The highest BCUT2D eigenvalue weighted by Gasteiger charge is 1.99. The zero-order valence-corrected chi connectivity index (χ0v) is 10.4. The summed E-state index contributed by atoms with van der Waals surface area (Å²) in [5, 5.41) is 11.8. The molecule has 0 saturated heterocycles. The van der Waals surface area contributed by atoms with Gasteiger partial charge in [-0.1, -0.05) is 6.92 Å². The second-order valence-corrected chi connectivity index (χ2v) is 3.78. The van der Waals surface area contributed by atoms with Gasteiger partial charge < -0.3 is 15.2 Å².